The molecule has 0 amide bonds. The van der Waals surface area contributed by atoms with Gasteiger partial charge < -0.3 is 20.1 Å². The molecule has 1 fully saturated rings. The average Bonchev–Trinajstić information content (AvgIpc) is 3.43. The molecule has 3 rings (SSSR count). The summed E-state index contributed by atoms with van der Waals surface area (Å²) in [6, 6.07) is 4.00. The Morgan fingerprint density at radius 2 is 2.36 bits per heavy atom. The maximum atomic E-state index is 5.70. The Balaban J connectivity index is 1.41. The summed E-state index contributed by atoms with van der Waals surface area (Å²) < 4.78 is 13.1. The monoisotopic (exact) mass is 386 g/mol. The van der Waals surface area contributed by atoms with Gasteiger partial charge in [-0.3, -0.25) is 4.57 Å². The molecule has 1 saturated heterocycles. The second kappa shape index (κ2) is 11.4. The summed E-state index contributed by atoms with van der Waals surface area (Å²) in [5.41, 5.74) is 1.09. The van der Waals surface area contributed by atoms with E-state index in [0.29, 0.717) is 19.3 Å². The number of guanidine groups is 1. The van der Waals surface area contributed by atoms with Crippen LogP contribution in [0.1, 0.15) is 31.7 Å². The van der Waals surface area contributed by atoms with Crippen LogP contribution in [0, 0.1) is 0 Å². The van der Waals surface area contributed by atoms with Gasteiger partial charge in [-0.2, -0.15) is 0 Å². The van der Waals surface area contributed by atoms with Crippen molar-refractivity contribution in [3.05, 3.63) is 42.6 Å². The number of pyridine rings is 1. The molecule has 1 aliphatic rings. The molecule has 3 heterocycles. The molecule has 0 aliphatic carbocycles. The van der Waals surface area contributed by atoms with Crippen molar-refractivity contribution in [3.63, 3.8) is 0 Å². The highest BCUT2D eigenvalue weighted by Crippen LogP contribution is 2.12. The molecule has 0 saturated carbocycles. The molecule has 8 nitrogen and oxygen atoms in total. The summed E-state index contributed by atoms with van der Waals surface area (Å²) in [5, 5.41) is 6.64. The first-order valence-electron chi connectivity index (χ1n) is 10.00. The number of ether oxygens (including phenoxy) is 2. The standard InChI is InChI=1S/C20H30N6O2/c1-2-22-20(24-7-4-11-27-15-18-5-3-12-28-18)25-14-17-6-8-23-19(13-17)26-10-9-21-16-26/h6,8-10,13,16,18H,2-5,7,11-12,14-15H2,1H3,(H2,22,24,25). The summed E-state index contributed by atoms with van der Waals surface area (Å²) in [5.74, 6) is 1.65. The molecule has 2 N–H and O–H groups in total. The smallest absolute Gasteiger partial charge is 0.191 e. The van der Waals surface area contributed by atoms with Crippen molar-refractivity contribution in [2.75, 3.05) is 32.9 Å². The van der Waals surface area contributed by atoms with Gasteiger partial charge in [-0.05, 0) is 43.9 Å². The Morgan fingerprint density at radius 1 is 1.39 bits per heavy atom. The largest absolute Gasteiger partial charge is 0.379 e. The van der Waals surface area contributed by atoms with Gasteiger partial charge >= 0.3 is 0 Å². The lowest BCUT2D eigenvalue weighted by atomic mass is 10.2. The zero-order valence-corrected chi connectivity index (χ0v) is 16.5. The van der Waals surface area contributed by atoms with Crippen molar-refractivity contribution in [3.8, 4) is 5.82 Å². The molecule has 0 bridgehead atoms. The Labute approximate surface area is 166 Å². The number of nitrogens with zero attached hydrogens (tertiary/aromatic N) is 4. The quantitative estimate of drug-likeness (QED) is 0.369. The van der Waals surface area contributed by atoms with Crippen LogP contribution in [-0.4, -0.2) is 59.5 Å². The molecule has 0 radical (unpaired) electrons. The number of rotatable bonds is 10. The molecular weight excluding hydrogens is 356 g/mol. The molecule has 1 aliphatic heterocycles. The maximum Gasteiger partial charge on any atom is 0.191 e. The van der Waals surface area contributed by atoms with E-state index < -0.39 is 0 Å². The van der Waals surface area contributed by atoms with Gasteiger partial charge in [0, 0.05) is 44.9 Å². The van der Waals surface area contributed by atoms with E-state index in [-0.39, 0.29) is 0 Å². The molecule has 0 aromatic carbocycles. The third-order valence-corrected chi connectivity index (χ3v) is 4.43. The number of aromatic nitrogens is 3. The van der Waals surface area contributed by atoms with E-state index in [0.717, 1.165) is 62.9 Å². The van der Waals surface area contributed by atoms with Crippen LogP contribution < -0.4 is 10.6 Å². The van der Waals surface area contributed by atoms with Gasteiger partial charge in [0.25, 0.3) is 0 Å². The van der Waals surface area contributed by atoms with Crippen LogP contribution in [0.3, 0.4) is 0 Å². The van der Waals surface area contributed by atoms with Gasteiger partial charge in [0.2, 0.25) is 0 Å². The van der Waals surface area contributed by atoms with Crippen LogP contribution in [0.25, 0.3) is 5.82 Å². The molecule has 152 valence electrons. The highest BCUT2D eigenvalue weighted by molar-refractivity contribution is 5.79. The zero-order valence-electron chi connectivity index (χ0n) is 16.5. The summed E-state index contributed by atoms with van der Waals surface area (Å²) in [4.78, 5) is 13.1. The van der Waals surface area contributed by atoms with Gasteiger partial charge in [0.05, 0.1) is 19.3 Å². The van der Waals surface area contributed by atoms with Crippen molar-refractivity contribution in [1.82, 2.24) is 25.2 Å². The van der Waals surface area contributed by atoms with Crippen molar-refractivity contribution < 1.29 is 9.47 Å². The molecule has 1 unspecified atom stereocenters. The molecule has 0 spiro atoms. The minimum absolute atomic E-state index is 0.291. The number of nitrogens with one attached hydrogen (secondary N) is 2. The number of hydrogen-bond donors (Lipinski definition) is 2. The Hall–Kier alpha value is -2.45. The van der Waals surface area contributed by atoms with Gasteiger partial charge in [0.1, 0.15) is 12.1 Å². The van der Waals surface area contributed by atoms with E-state index in [9.17, 15) is 0 Å². The third-order valence-electron chi connectivity index (χ3n) is 4.43. The Kier molecular flexibility index (Phi) is 8.26. The Morgan fingerprint density at radius 3 is 3.14 bits per heavy atom. The minimum atomic E-state index is 0.291. The van der Waals surface area contributed by atoms with E-state index >= 15 is 0 Å². The summed E-state index contributed by atoms with van der Waals surface area (Å²) in [6.45, 7) is 6.58. The van der Waals surface area contributed by atoms with Crippen LogP contribution >= 0.6 is 0 Å². The SMILES string of the molecule is CCNC(=NCc1ccnc(-n2ccnc2)c1)NCCCOCC1CCCO1. The molecule has 2 aromatic rings. The van der Waals surface area contributed by atoms with Gasteiger partial charge in [-0.1, -0.05) is 0 Å². The highest BCUT2D eigenvalue weighted by atomic mass is 16.5. The molecule has 8 heteroatoms. The lowest BCUT2D eigenvalue weighted by Gasteiger charge is -2.13. The van der Waals surface area contributed by atoms with Crippen molar-refractivity contribution >= 4 is 5.96 Å². The summed E-state index contributed by atoms with van der Waals surface area (Å²) in [7, 11) is 0. The van der Waals surface area contributed by atoms with Gasteiger partial charge in [0.15, 0.2) is 5.96 Å². The maximum absolute atomic E-state index is 5.70. The molecule has 2 aromatic heterocycles. The fourth-order valence-corrected chi connectivity index (χ4v) is 2.98. The van der Waals surface area contributed by atoms with E-state index in [1.54, 1.807) is 18.7 Å². The summed E-state index contributed by atoms with van der Waals surface area (Å²) in [6.07, 6.45) is 10.6. The number of hydrogen-bond acceptors (Lipinski definition) is 5. The fourth-order valence-electron chi connectivity index (χ4n) is 2.98. The van der Waals surface area contributed by atoms with Crippen LogP contribution in [0.2, 0.25) is 0 Å². The van der Waals surface area contributed by atoms with Crippen LogP contribution in [-0.2, 0) is 16.0 Å². The minimum Gasteiger partial charge on any atom is -0.379 e. The highest BCUT2D eigenvalue weighted by Gasteiger charge is 2.14. The topological polar surface area (TPSA) is 85.6 Å². The Bertz CT molecular complexity index is 713. The summed E-state index contributed by atoms with van der Waals surface area (Å²) >= 11 is 0. The van der Waals surface area contributed by atoms with Gasteiger partial charge in [-0.25, -0.2) is 15.0 Å². The van der Waals surface area contributed by atoms with E-state index in [1.807, 2.05) is 22.9 Å². The lowest BCUT2D eigenvalue weighted by molar-refractivity contribution is 0.0168. The first-order valence-corrected chi connectivity index (χ1v) is 10.00. The van der Waals surface area contributed by atoms with Crippen molar-refractivity contribution in [2.24, 2.45) is 4.99 Å². The number of aliphatic imine (C=N–C) groups is 1. The second-order valence-corrected chi connectivity index (χ2v) is 6.68. The number of imidazole rings is 1. The third kappa shape index (κ3) is 6.61. The lowest BCUT2D eigenvalue weighted by Crippen LogP contribution is -2.38. The van der Waals surface area contributed by atoms with E-state index in [2.05, 4.69) is 32.5 Å². The van der Waals surface area contributed by atoms with Gasteiger partial charge in [-0.15, -0.1) is 0 Å². The molecular formula is C20H30N6O2. The molecule has 28 heavy (non-hydrogen) atoms. The second-order valence-electron chi connectivity index (χ2n) is 6.68. The van der Waals surface area contributed by atoms with E-state index in [1.165, 1.54) is 0 Å². The average molecular weight is 387 g/mol. The fraction of sp³-hybridized carbons (Fsp3) is 0.550. The predicted molar refractivity (Wildman–Crippen MR) is 109 cm³/mol. The van der Waals surface area contributed by atoms with Crippen LogP contribution in [0.4, 0.5) is 0 Å². The van der Waals surface area contributed by atoms with Crippen LogP contribution in [0.5, 0.6) is 0 Å². The van der Waals surface area contributed by atoms with Crippen molar-refractivity contribution in [1.29, 1.82) is 0 Å². The first kappa shape index (κ1) is 20.3. The van der Waals surface area contributed by atoms with Crippen LogP contribution in [0.15, 0.2) is 42.0 Å². The molecule has 1 atom stereocenters. The zero-order chi connectivity index (χ0) is 19.4. The van der Waals surface area contributed by atoms with Crippen molar-refractivity contribution in [2.45, 2.75) is 38.8 Å². The normalized spacial score (nSPS) is 17.0. The van der Waals surface area contributed by atoms with E-state index in [4.69, 9.17) is 9.47 Å². The predicted octanol–water partition coefficient (Wildman–Crippen LogP) is 1.91. The first-order chi connectivity index (χ1) is 13.8.